The topological polar surface area (TPSA) is 60.9 Å². The number of H-pyrrole nitrogens is 1. The first-order valence-corrected chi connectivity index (χ1v) is 7.00. The Balaban J connectivity index is 2.12. The normalized spacial score (nSPS) is 15.0. The molecule has 21 heavy (non-hydrogen) atoms. The Kier molecular flexibility index (Phi) is 4.58. The number of alkyl halides is 2. The molecule has 6 heteroatoms. The number of aromatic amines is 1. The SMILES string of the molecule is Cc1cc2[nH]c(CNC(O)(CC(C)C)C(F)F)cc2cn1. The minimum Gasteiger partial charge on any atom is -0.370 e. The number of aliphatic hydroxyl groups is 1. The minimum absolute atomic E-state index is 0.00837. The van der Waals surface area contributed by atoms with Gasteiger partial charge in [0.05, 0.1) is 0 Å². The third-order valence-electron chi connectivity index (χ3n) is 3.36. The summed E-state index contributed by atoms with van der Waals surface area (Å²) in [6.07, 6.45) is -1.11. The highest BCUT2D eigenvalue weighted by Crippen LogP contribution is 2.23. The number of pyridine rings is 1. The van der Waals surface area contributed by atoms with Crippen molar-refractivity contribution in [1.82, 2.24) is 15.3 Å². The first-order valence-electron chi connectivity index (χ1n) is 7.00. The maximum absolute atomic E-state index is 13.1. The standard InChI is InChI=1S/C15H21F2N3O/c1-9(2)6-15(21,14(16)17)19-8-12-5-11-7-18-10(3)4-13(11)20-12/h4-5,7,9,14,19-21H,6,8H2,1-3H3. The van der Waals surface area contributed by atoms with Gasteiger partial charge < -0.3 is 10.1 Å². The van der Waals surface area contributed by atoms with Gasteiger partial charge in [-0.05, 0) is 31.4 Å². The van der Waals surface area contributed by atoms with Gasteiger partial charge in [-0.3, -0.25) is 10.3 Å². The van der Waals surface area contributed by atoms with Crippen LogP contribution in [-0.4, -0.2) is 27.2 Å². The molecule has 1 unspecified atom stereocenters. The highest BCUT2D eigenvalue weighted by Gasteiger charge is 2.37. The second-order valence-electron chi connectivity index (χ2n) is 5.88. The lowest BCUT2D eigenvalue weighted by atomic mass is 10.0. The maximum Gasteiger partial charge on any atom is 0.280 e. The van der Waals surface area contributed by atoms with Gasteiger partial charge in [-0.25, -0.2) is 8.78 Å². The molecule has 0 saturated heterocycles. The molecule has 0 aliphatic heterocycles. The van der Waals surface area contributed by atoms with E-state index in [-0.39, 0.29) is 18.9 Å². The molecule has 4 nitrogen and oxygen atoms in total. The molecule has 0 aliphatic carbocycles. The van der Waals surface area contributed by atoms with Crippen molar-refractivity contribution in [3.8, 4) is 0 Å². The lowest BCUT2D eigenvalue weighted by Gasteiger charge is -2.30. The van der Waals surface area contributed by atoms with E-state index >= 15 is 0 Å². The Labute approximate surface area is 122 Å². The summed E-state index contributed by atoms with van der Waals surface area (Å²) >= 11 is 0. The van der Waals surface area contributed by atoms with Crippen molar-refractivity contribution in [3.05, 3.63) is 29.7 Å². The van der Waals surface area contributed by atoms with Crippen LogP contribution in [0, 0.1) is 12.8 Å². The first kappa shape index (κ1) is 15.9. The quantitative estimate of drug-likeness (QED) is 0.718. The van der Waals surface area contributed by atoms with Crippen molar-refractivity contribution in [2.45, 2.75) is 45.9 Å². The molecule has 0 saturated carbocycles. The first-order chi connectivity index (χ1) is 9.80. The number of hydrogen-bond acceptors (Lipinski definition) is 3. The fourth-order valence-electron chi connectivity index (χ4n) is 2.39. The number of nitrogens with one attached hydrogen (secondary N) is 2. The number of nitrogens with zero attached hydrogens (tertiary/aromatic N) is 1. The molecule has 0 radical (unpaired) electrons. The van der Waals surface area contributed by atoms with Crippen LogP contribution in [0.15, 0.2) is 18.3 Å². The predicted octanol–water partition coefficient (Wildman–Crippen LogP) is 2.96. The van der Waals surface area contributed by atoms with Crippen molar-refractivity contribution < 1.29 is 13.9 Å². The van der Waals surface area contributed by atoms with E-state index in [2.05, 4.69) is 15.3 Å². The number of rotatable bonds is 6. The Morgan fingerprint density at radius 2 is 2.10 bits per heavy atom. The number of halogens is 2. The van der Waals surface area contributed by atoms with Gasteiger partial charge in [0, 0.05) is 35.0 Å². The van der Waals surface area contributed by atoms with Gasteiger partial charge in [0.15, 0.2) is 5.72 Å². The average Bonchev–Trinajstić information content (AvgIpc) is 2.77. The number of hydrogen-bond donors (Lipinski definition) is 3. The lowest BCUT2D eigenvalue weighted by Crippen LogP contribution is -2.51. The van der Waals surface area contributed by atoms with Gasteiger partial charge in [-0.1, -0.05) is 13.8 Å². The van der Waals surface area contributed by atoms with E-state index in [1.165, 1.54) is 0 Å². The second-order valence-corrected chi connectivity index (χ2v) is 5.88. The molecule has 116 valence electrons. The highest BCUT2D eigenvalue weighted by atomic mass is 19.3. The summed E-state index contributed by atoms with van der Waals surface area (Å²) in [6.45, 7) is 5.62. The smallest absolute Gasteiger partial charge is 0.280 e. The van der Waals surface area contributed by atoms with Gasteiger partial charge >= 0.3 is 0 Å². The molecule has 0 aromatic carbocycles. The van der Waals surface area contributed by atoms with Crippen molar-refractivity contribution in [3.63, 3.8) is 0 Å². The van der Waals surface area contributed by atoms with Crippen molar-refractivity contribution in [2.24, 2.45) is 5.92 Å². The Bertz CT molecular complexity index is 612. The van der Waals surface area contributed by atoms with Crippen molar-refractivity contribution in [2.75, 3.05) is 0 Å². The summed E-state index contributed by atoms with van der Waals surface area (Å²) in [5.41, 5.74) is 0.358. The van der Waals surface area contributed by atoms with Crippen molar-refractivity contribution in [1.29, 1.82) is 0 Å². The molecule has 0 fully saturated rings. The average molecular weight is 297 g/mol. The molecule has 0 spiro atoms. The number of aromatic nitrogens is 2. The Morgan fingerprint density at radius 1 is 1.38 bits per heavy atom. The van der Waals surface area contributed by atoms with Crippen LogP contribution in [0.1, 0.15) is 31.7 Å². The number of aryl methyl sites for hydroxylation is 1. The van der Waals surface area contributed by atoms with E-state index in [0.717, 1.165) is 22.3 Å². The molecule has 3 N–H and O–H groups in total. The Morgan fingerprint density at radius 3 is 2.71 bits per heavy atom. The zero-order valence-electron chi connectivity index (χ0n) is 12.5. The summed E-state index contributed by atoms with van der Waals surface area (Å²) in [4.78, 5) is 7.33. The third kappa shape index (κ3) is 3.77. The van der Waals surface area contributed by atoms with Crippen LogP contribution in [-0.2, 0) is 6.54 Å². The van der Waals surface area contributed by atoms with Crippen LogP contribution in [0.3, 0.4) is 0 Å². The van der Waals surface area contributed by atoms with E-state index < -0.39 is 12.2 Å². The van der Waals surface area contributed by atoms with Gasteiger partial charge in [0.25, 0.3) is 6.43 Å². The molecule has 2 rings (SSSR count). The van der Waals surface area contributed by atoms with E-state index in [9.17, 15) is 13.9 Å². The summed E-state index contributed by atoms with van der Waals surface area (Å²) in [6, 6.07) is 3.74. The minimum atomic E-state index is -2.84. The van der Waals surface area contributed by atoms with Crippen LogP contribution in [0.4, 0.5) is 8.78 Å². The van der Waals surface area contributed by atoms with Crippen LogP contribution >= 0.6 is 0 Å². The van der Waals surface area contributed by atoms with Crippen LogP contribution in [0.5, 0.6) is 0 Å². The highest BCUT2D eigenvalue weighted by molar-refractivity contribution is 5.79. The summed E-state index contributed by atoms with van der Waals surface area (Å²) in [7, 11) is 0. The van der Waals surface area contributed by atoms with E-state index in [1.54, 1.807) is 20.0 Å². The third-order valence-corrected chi connectivity index (χ3v) is 3.36. The van der Waals surface area contributed by atoms with Gasteiger partial charge in [0.2, 0.25) is 0 Å². The van der Waals surface area contributed by atoms with E-state index in [1.807, 2.05) is 19.1 Å². The maximum atomic E-state index is 13.1. The zero-order chi connectivity index (χ0) is 15.6. The summed E-state index contributed by atoms with van der Waals surface area (Å²) in [5, 5.41) is 13.5. The molecule has 1 atom stereocenters. The van der Waals surface area contributed by atoms with Crippen LogP contribution < -0.4 is 5.32 Å². The van der Waals surface area contributed by atoms with E-state index in [0.29, 0.717) is 0 Å². The Hall–Kier alpha value is -1.53. The fourth-order valence-corrected chi connectivity index (χ4v) is 2.39. The molecular weight excluding hydrogens is 276 g/mol. The molecule has 0 aliphatic rings. The fraction of sp³-hybridized carbons (Fsp3) is 0.533. The molecule has 0 amide bonds. The van der Waals surface area contributed by atoms with Gasteiger partial charge in [-0.2, -0.15) is 0 Å². The monoisotopic (exact) mass is 297 g/mol. The second kappa shape index (κ2) is 6.07. The molecule has 2 heterocycles. The van der Waals surface area contributed by atoms with E-state index in [4.69, 9.17) is 0 Å². The number of fused-ring (bicyclic) bond motifs is 1. The molecule has 2 aromatic heterocycles. The molecule has 0 bridgehead atoms. The van der Waals surface area contributed by atoms with Crippen molar-refractivity contribution >= 4 is 10.9 Å². The largest absolute Gasteiger partial charge is 0.370 e. The molecular formula is C15H21F2N3O. The summed E-state index contributed by atoms with van der Waals surface area (Å²) in [5.74, 6) is -0.0361. The lowest BCUT2D eigenvalue weighted by molar-refractivity contribution is -0.131. The molecule has 2 aromatic rings. The van der Waals surface area contributed by atoms with Crippen LogP contribution in [0.2, 0.25) is 0 Å². The van der Waals surface area contributed by atoms with Gasteiger partial charge in [-0.15, -0.1) is 0 Å². The summed E-state index contributed by atoms with van der Waals surface area (Å²) < 4.78 is 26.1. The zero-order valence-corrected chi connectivity index (χ0v) is 12.5. The predicted molar refractivity (Wildman–Crippen MR) is 78.1 cm³/mol. The van der Waals surface area contributed by atoms with Gasteiger partial charge in [0.1, 0.15) is 0 Å². The van der Waals surface area contributed by atoms with Crippen LogP contribution in [0.25, 0.3) is 10.9 Å².